The maximum atomic E-state index is 10.9. The zero-order chi connectivity index (χ0) is 22.4. The van der Waals surface area contributed by atoms with Gasteiger partial charge in [-0.05, 0) is 55.8 Å². The molecule has 3 aromatic carbocycles. The van der Waals surface area contributed by atoms with Gasteiger partial charge in [0.25, 0.3) is 5.69 Å². The second-order valence-electron chi connectivity index (χ2n) is 7.75. The third-order valence-corrected chi connectivity index (χ3v) is 5.69. The van der Waals surface area contributed by atoms with Gasteiger partial charge < -0.3 is 10.1 Å². The van der Waals surface area contributed by atoms with Gasteiger partial charge in [-0.25, -0.2) is 4.68 Å². The molecule has 0 spiro atoms. The summed E-state index contributed by atoms with van der Waals surface area (Å²) in [5, 5.41) is 19.4. The highest BCUT2D eigenvalue weighted by molar-refractivity contribution is 6.32. The van der Waals surface area contributed by atoms with Crippen molar-refractivity contribution < 1.29 is 9.66 Å². The van der Waals surface area contributed by atoms with Crippen LogP contribution in [-0.2, 0) is 0 Å². The number of nitro benzene ring substituents is 1. The number of nitrogens with zero attached hydrogens (tertiary/aromatic N) is 3. The fourth-order valence-electron chi connectivity index (χ4n) is 3.87. The molecular formula is C24H19ClN4O3. The van der Waals surface area contributed by atoms with E-state index in [-0.39, 0.29) is 16.9 Å². The Kier molecular flexibility index (Phi) is 4.83. The first-order valence-electron chi connectivity index (χ1n) is 10.0. The lowest BCUT2D eigenvalue weighted by Gasteiger charge is -2.29. The van der Waals surface area contributed by atoms with Crippen LogP contribution in [0.5, 0.6) is 11.5 Å². The van der Waals surface area contributed by atoms with Gasteiger partial charge in [-0.1, -0.05) is 35.4 Å². The van der Waals surface area contributed by atoms with Gasteiger partial charge >= 0.3 is 0 Å². The number of anilines is 1. The van der Waals surface area contributed by atoms with Crippen molar-refractivity contribution in [2.45, 2.75) is 20.0 Å². The number of aromatic nitrogens is 2. The Bertz CT molecular complexity index is 1350. The normalized spacial score (nSPS) is 14.3. The molecule has 1 unspecified atom stereocenters. The van der Waals surface area contributed by atoms with Crippen molar-refractivity contribution in [3.63, 3.8) is 0 Å². The maximum Gasteiger partial charge on any atom is 0.271 e. The number of ether oxygens (including phenoxy) is 1. The first-order chi connectivity index (χ1) is 15.4. The monoisotopic (exact) mass is 446 g/mol. The van der Waals surface area contributed by atoms with Gasteiger partial charge in [-0.3, -0.25) is 10.1 Å². The number of non-ortho nitro benzene ring substituents is 1. The first-order valence-corrected chi connectivity index (χ1v) is 10.4. The van der Waals surface area contributed by atoms with Gasteiger partial charge in [-0.2, -0.15) is 5.10 Å². The SMILES string of the molecule is Cc1ccc2c(c1)-c1cc(C)nn1C(c1ccc(Oc3ccc([N+](=O)[O-])cc3Cl)cc1)N2. The highest BCUT2D eigenvalue weighted by atomic mass is 35.5. The number of hydrogen-bond donors (Lipinski definition) is 1. The lowest BCUT2D eigenvalue weighted by molar-refractivity contribution is -0.384. The van der Waals surface area contributed by atoms with E-state index in [9.17, 15) is 10.1 Å². The summed E-state index contributed by atoms with van der Waals surface area (Å²) < 4.78 is 7.83. The van der Waals surface area contributed by atoms with Crippen LogP contribution in [0.4, 0.5) is 11.4 Å². The fourth-order valence-corrected chi connectivity index (χ4v) is 4.09. The van der Waals surface area contributed by atoms with Crippen molar-refractivity contribution in [1.82, 2.24) is 9.78 Å². The molecule has 1 aromatic heterocycles. The number of benzene rings is 3. The Labute approximate surface area is 189 Å². The molecule has 0 fully saturated rings. The topological polar surface area (TPSA) is 82.2 Å². The van der Waals surface area contributed by atoms with Gasteiger partial charge in [0.2, 0.25) is 0 Å². The van der Waals surface area contributed by atoms with E-state index < -0.39 is 4.92 Å². The average molecular weight is 447 g/mol. The molecule has 0 radical (unpaired) electrons. The summed E-state index contributed by atoms with van der Waals surface area (Å²) in [6.45, 7) is 4.07. The molecule has 1 atom stereocenters. The van der Waals surface area contributed by atoms with Crippen molar-refractivity contribution >= 4 is 23.0 Å². The number of nitrogens with one attached hydrogen (secondary N) is 1. The van der Waals surface area contributed by atoms with Crippen LogP contribution in [-0.4, -0.2) is 14.7 Å². The number of hydrogen-bond acceptors (Lipinski definition) is 5. The van der Waals surface area contributed by atoms with Crippen LogP contribution in [0.2, 0.25) is 5.02 Å². The minimum Gasteiger partial charge on any atom is -0.456 e. The summed E-state index contributed by atoms with van der Waals surface area (Å²) in [4.78, 5) is 10.4. The molecule has 160 valence electrons. The third-order valence-electron chi connectivity index (χ3n) is 5.40. The zero-order valence-electron chi connectivity index (χ0n) is 17.4. The number of nitro groups is 1. The Balaban J connectivity index is 1.43. The van der Waals surface area contributed by atoms with Crippen LogP contribution in [0, 0.1) is 24.0 Å². The molecule has 2 heterocycles. The Hall–Kier alpha value is -3.84. The van der Waals surface area contributed by atoms with Gasteiger partial charge in [0, 0.05) is 23.4 Å². The molecule has 1 aliphatic heterocycles. The lowest BCUT2D eigenvalue weighted by Crippen LogP contribution is -2.25. The predicted octanol–water partition coefficient (Wildman–Crippen LogP) is 6.49. The molecule has 7 nitrogen and oxygen atoms in total. The second kappa shape index (κ2) is 7.69. The molecule has 0 saturated carbocycles. The second-order valence-corrected chi connectivity index (χ2v) is 8.16. The molecule has 8 heteroatoms. The standard InChI is InChI=1S/C24H19ClN4O3/c1-14-3-9-21-19(11-14)22-12-15(2)27-28(22)24(26-21)16-4-7-18(8-5-16)32-23-10-6-17(29(30)31)13-20(23)25/h3-13,24,26H,1-2H3. The fraction of sp³-hybridized carbons (Fsp3) is 0.125. The largest absolute Gasteiger partial charge is 0.456 e. The van der Waals surface area contributed by atoms with Crippen LogP contribution in [0.1, 0.15) is 23.0 Å². The summed E-state index contributed by atoms with van der Waals surface area (Å²) in [6.07, 6.45) is -0.161. The number of rotatable bonds is 4. The predicted molar refractivity (Wildman–Crippen MR) is 124 cm³/mol. The number of halogens is 1. The van der Waals surface area contributed by atoms with Crippen LogP contribution in [0.15, 0.2) is 66.7 Å². The van der Waals surface area contributed by atoms with Crippen molar-refractivity contribution in [1.29, 1.82) is 0 Å². The minimum atomic E-state index is -0.494. The highest BCUT2D eigenvalue weighted by Gasteiger charge is 2.26. The zero-order valence-corrected chi connectivity index (χ0v) is 18.1. The van der Waals surface area contributed by atoms with Crippen molar-refractivity contribution in [2.24, 2.45) is 0 Å². The smallest absolute Gasteiger partial charge is 0.271 e. The molecule has 1 aliphatic rings. The summed E-state index contributed by atoms with van der Waals surface area (Å²) >= 11 is 6.14. The van der Waals surface area contributed by atoms with E-state index in [1.54, 1.807) is 0 Å². The number of aryl methyl sites for hydroxylation is 2. The van der Waals surface area contributed by atoms with E-state index in [2.05, 4.69) is 36.5 Å². The van der Waals surface area contributed by atoms with E-state index in [1.807, 2.05) is 35.9 Å². The molecule has 32 heavy (non-hydrogen) atoms. The van der Waals surface area contributed by atoms with Crippen LogP contribution >= 0.6 is 11.6 Å². The Morgan fingerprint density at radius 3 is 2.56 bits per heavy atom. The molecule has 4 aromatic rings. The van der Waals surface area contributed by atoms with E-state index in [1.165, 1.54) is 23.8 Å². The molecule has 5 rings (SSSR count). The molecular weight excluding hydrogens is 428 g/mol. The average Bonchev–Trinajstić information content (AvgIpc) is 3.17. The van der Waals surface area contributed by atoms with E-state index >= 15 is 0 Å². The molecule has 0 amide bonds. The van der Waals surface area contributed by atoms with Crippen molar-refractivity contribution in [2.75, 3.05) is 5.32 Å². The van der Waals surface area contributed by atoms with Crippen molar-refractivity contribution in [3.05, 3.63) is 98.7 Å². The van der Waals surface area contributed by atoms with Gasteiger partial charge in [0.1, 0.15) is 17.7 Å². The van der Waals surface area contributed by atoms with Crippen LogP contribution < -0.4 is 10.1 Å². The highest BCUT2D eigenvalue weighted by Crippen LogP contribution is 2.39. The number of fused-ring (bicyclic) bond motifs is 3. The first kappa shape index (κ1) is 20.1. The van der Waals surface area contributed by atoms with Crippen LogP contribution in [0.25, 0.3) is 11.3 Å². The van der Waals surface area contributed by atoms with Crippen LogP contribution in [0.3, 0.4) is 0 Å². The minimum absolute atomic E-state index is 0.0816. The van der Waals surface area contributed by atoms with E-state index in [0.29, 0.717) is 11.5 Å². The molecule has 1 N–H and O–H groups in total. The Morgan fingerprint density at radius 2 is 1.84 bits per heavy atom. The molecule has 0 bridgehead atoms. The Morgan fingerprint density at radius 1 is 1.06 bits per heavy atom. The quantitative estimate of drug-likeness (QED) is 0.286. The van der Waals surface area contributed by atoms with E-state index in [4.69, 9.17) is 21.4 Å². The third kappa shape index (κ3) is 3.56. The van der Waals surface area contributed by atoms with Gasteiger partial charge in [-0.15, -0.1) is 0 Å². The molecule has 0 aliphatic carbocycles. The summed E-state index contributed by atoms with van der Waals surface area (Å²) in [6, 6.07) is 20.2. The summed E-state index contributed by atoms with van der Waals surface area (Å²) in [5.41, 5.74) is 6.35. The van der Waals surface area contributed by atoms with E-state index in [0.717, 1.165) is 28.2 Å². The van der Waals surface area contributed by atoms with Gasteiger partial charge in [0.05, 0.1) is 21.3 Å². The molecule has 0 saturated heterocycles. The van der Waals surface area contributed by atoms with Gasteiger partial charge in [0.15, 0.2) is 0 Å². The summed E-state index contributed by atoms with van der Waals surface area (Å²) in [7, 11) is 0. The van der Waals surface area contributed by atoms with Crippen molar-refractivity contribution in [3.8, 4) is 22.8 Å². The maximum absolute atomic E-state index is 10.9. The summed E-state index contributed by atoms with van der Waals surface area (Å²) in [5.74, 6) is 0.934. The lowest BCUT2D eigenvalue weighted by atomic mass is 10.0.